The molecule has 0 bridgehead atoms. The number of urea groups is 1. The maximum Gasteiger partial charge on any atom is 0.331 e. The first-order chi connectivity index (χ1) is 9.56. The number of carbonyl (C=O) groups excluding carboxylic acids is 1. The summed E-state index contributed by atoms with van der Waals surface area (Å²) >= 11 is 1.57. The predicted molar refractivity (Wildman–Crippen MR) is 78.0 cm³/mol. The smallest absolute Gasteiger partial charge is 0.331 e. The molecule has 1 aromatic rings. The number of hydrogen-bond acceptors (Lipinski definition) is 3. The molecule has 0 saturated heterocycles. The van der Waals surface area contributed by atoms with E-state index in [9.17, 15) is 14.7 Å². The van der Waals surface area contributed by atoms with Crippen molar-refractivity contribution in [2.24, 2.45) is 0 Å². The normalized spacial score (nSPS) is 17.7. The van der Waals surface area contributed by atoms with E-state index in [1.54, 1.807) is 23.3 Å². The van der Waals surface area contributed by atoms with E-state index in [0.717, 1.165) is 29.7 Å². The minimum absolute atomic E-state index is 0.192. The maximum atomic E-state index is 12.4. The Balaban J connectivity index is 2.19. The Morgan fingerprint density at radius 1 is 1.55 bits per heavy atom. The molecule has 110 valence electrons. The number of nitrogens with zero attached hydrogens (tertiary/aromatic N) is 2. The summed E-state index contributed by atoms with van der Waals surface area (Å²) in [5, 5.41) is 11.4. The first-order valence-corrected chi connectivity index (χ1v) is 7.75. The number of hydrogen-bond donors (Lipinski definition) is 1. The molecule has 0 spiro atoms. The second-order valence-corrected chi connectivity index (χ2v) is 6.04. The Bertz CT molecular complexity index is 500. The van der Waals surface area contributed by atoms with Gasteiger partial charge in [-0.3, -0.25) is 0 Å². The van der Waals surface area contributed by atoms with Crippen LogP contribution in [0.2, 0.25) is 0 Å². The van der Waals surface area contributed by atoms with Crippen LogP contribution in [0, 0.1) is 0 Å². The lowest BCUT2D eigenvalue weighted by atomic mass is 10.0. The van der Waals surface area contributed by atoms with Gasteiger partial charge in [0.2, 0.25) is 0 Å². The average Bonchev–Trinajstić information content (AvgIpc) is 2.90. The molecule has 5 nitrogen and oxygen atoms in total. The molecule has 0 aromatic carbocycles. The minimum Gasteiger partial charge on any atom is -0.479 e. The van der Waals surface area contributed by atoms with Gasteiger partial charge in [0.15, 0.2) is 6.04 Å². The molecule has 1 aromatic heterocycles. The zero-order valence-corrected chi connectivity index (χ0v) is 12.7. The molecule has 0 radical (unpaired) electrons. The van der Waals surface area contributed by atoms with Crippen molar-refractivity contribution in [3.8, 4) is 0 Å². The first kappa shape index (κ1) is 14.8. The highest BCUT2D eigenvalue weighted by Crippen LogP contribution is 2.33. The van der Waals surface area contributed by atoms with Crippen molar-refractivity contribution >= 4 is 23.3 Å². The van der Waals surface area contributed by atoms with E-state index in [4.69, 9.17) is 0 Å². The van der Waals surface area contributed by atoms with Gasteiger partial charge in [-0.05, 0) is 29.9 Å². The molecule has 20 heavy (non-hydrogen) atoms. The Hall–Kier alpha value is -1.56. The third-order valence-electron chi connectivity index (χ3n) is 3.62. The van der Waals surface area contributed by atoms with Crippen LogP contribution in [-0.2, 0) is 11.2 Å². The molecule has 1 aliphatic rings. The number of rotatable bonds is 4. The van der Waals surface area contributed by atoms with Gasteiger partial charge in [-0.1, -0.05) is 13.3 Å². The van der Waals surface area contributed by atoms with Crippen LogP contribution in [0.1, 0.15) is 36.2 Å². The third kappa shape index (κ3) is 2.80. The first-order valence-electron chi connectivity index (χ1n) is 6.87. The Morgan fingerprint density at radius 2 is 2.30 bits per heavy atom. The molecule has 1 N–H and O–H groups in total. The number of carbonyl (C=O) groups is 2. The van der Waals surface area contributed by atoms with Gasteiger partial charge < -0.3 is 14.9 Å². The van der Waals surface area contributed by atoms with Crippen LogP contribution in [0.25, 0.3) is 0 Å². The number of amides is 2. The minimum atomic E-state index is -0.957. The lowest BCUT2D eigenvalue weighted by molar-refractivity contribution is -0.143. The molecular formula is C14H20N2O3S. The lowest BCUT2D eigenvalue weighted by Crippen LogP contribution is -2.48. The van der Waals surface area contributed by atoms with Gasteiger partial charge in [0.1, 0.15) is 0 Å². The topological polar surface area (TPSA) is 60.9 Å². The molecule has 2 heterocycles. The van der Waals surface area contributed by atoms with E-state index in [2.05, 4.69) is 6.92 Å². The van der Waals surface area contributed by atoms with Gasteiger partial charge in [-0.15, -0.1) is 11.3 Å². The van der Waals surface area contributed by atoms with Crippen molar-refractivity contribution in [1.29, 1.82) is 0 Å². The van der Waals surface area contributed by atoms with Gasteiger partial charge in [0.05, 0.1) is 0 Å². The zero-order valence-electron chi connectivity index (χ0n) is 11.8. The standard InChI is InChI=1S/C14H20N2O3S/c1-3-4-7-15(2)14(19)16-8-5-11-10(6-9-20-11)12(16)13(17)18/h6,9,12H,3-5,7-8H2,1-2H3,(H,17,18). The summed E-state index contributed by atoms with van der Waals surface area (Å²) < 4.78 is 0. The van der Waals surface area contributed by atoms with E-state index in [-0.39, 0.29) is 6.03 Å². The van der Waals surface area contributed by atoms with Crippen molar-refractivity contribution in [3.05, 3.63) is 21.9 Å². The van der Waals surface area contributed by atoms with E-state index < -0.39 is 12.0 Å². The molecule has 2 rings (SSSR count). The van der Waals surface area contributed by atoms with Gasteiger partial charge in [0.25, 0.3) is 0 Å². The van der Waals surface area contributed by atoms with E-state index in [1.165, 1.54) is 4.90 Å². The van der Waals surface area contributed by atoms with Crippen molar-refractivity contribution in [3.63, 3.8) is 0 Å². The van der Waals surface area contributed by atoms with E-state index in [1.807, 2.05) is 11.4 Å². The summed E-state index contributed by atoms with van der Waals surface area (Å²) in [5.74, 6) is -0.957. The molecule has 6 heteroatoms. The van der Waals surface area contributed by atoms with Crippen molar-refractivity contribution in [2.45, 2.75) is 32.2 Å². The van der Waals surface area contributed by atoms with Gasteiger partial charge in [-0.25, -0.2) is 9.59 Å². The fourth-order valence-corrected chi connectivity index (χ4v) is 3.40. The summed E-state index contributed by atoms with van der Waals surface area (Å²) in [7, 11) is 1.74. The predicted octanol–water partition coefficient (Wildman–Crippen LogP) is 2.58. The largest absolute Gasteiger partial charge is 0.479 e. The maximum absolute atomic E-state index is 12.4. The van der Waals surface area contributed by atoms with Crippen molar-refractivity contribution in [1.82, 2.24) is 9.80 Å². The van der Waals surface area contributed by atoms with E-state index >= 15 is 0 Å². The molecule has 0 saturated carbocycles. The van der Waals surface area contributed by atoms with Crippen LogP contribution in [-0.4, -0.2) is 47.0 Å². The molecule has 2 amide bonds. The SMILES string of the molecule is CCCCN(C)C(=O)N1CCc2sccc2C1C(=O)O. The zero-order chi connectivity index (χ0) is 14.7. The van der Waals surface area contributed by atoms with Crippen LogP contribution in [0.5, 0.6) is 0 Å². The Labute approximate surface area is 122 Å². The lowest BCUT2D eigenvalue weighted by Gasteiger charge is -2.35. The summed E-state index contributed by atoms with van der Waals surface area (Å²) in [5.41, 5.74) is 0.769. The van der Waals surface area contributed by atoms with Crippen LogP contribution >= 0.6 is 11.3 Å². The average molecular weight is 296 g/mol. The third-order valence-corrected chi connectivity index (χ3v) is 4.62. The van der Waals surface area contributed by atoms with Gasteiger partial charge in [-0.2, -0.15) is 0 Å². The highest BCUT2D eigenvalue weighted by atomic mass is 32.1. The van der Waals surface area contributed by atoms with E-state index in [0.29, 0.717) is 13.1 Å². The fraction of sp³-hybridized carbons (Fsp3) is 0.571. The number of carboxylic acids is 1. The van der Waals surface area contributed by atoms with Crippen LogP contribution in [0.4, 0.5) is 4.79 Å². The molecule has 0 aliphatic carbocycles. The monoisotopic (exact) mass is 296 g/mol. The number of fused-ring (bicyclic) bond motifs is 1. The van der Waals surface area contributed by atoms with Crippen LogP contribution in [0.15, 0.2) is 11.4 Å². The Kier molecular flexibility index (Phi) is 4.65. The number of unbranched alkanes of at least 4 members (excludes halogenated alkanes) is 1. The quantitative estimate of drug-likeness (QED) is 0.929. The highest BCUT2D eigenvalue weighted by molar-refractivity contribution is 7.10. The second kappa shape index (κ2) is 6.26. The summed E-state index contributed by atoms with van der Waals surface area (Å²) in [6, 6.07) is 0.786. The van der Waals surface area contributed by atoms with Gasteiger partial charge in [0, 0.05) is 25.0 Å². The summed E-state index contributed by atoms with van der Waals surface area (Å²) in [6.45, 7) is 3.20. The second-order valence-electron chi connectivity index (χ2n) is 5.04. The fourth-order valence-electron chi connectivity index (χ4n) is 2.50. The molecule has 1 unspecified atom stereocenters. The van der Waals surface area contributed by atoms with Gasteiger partial charge >= 0.3 is 12.0 Å². The molecule has 1 atom stereocenters. The molecular weight excluding hydrogens is 276 g/mol. The number of aliphatic carboxylic acids is 1. The number of carboxylic acid groups (broad SMARTS) is 1. The summed E-state index contributed by atoms with van der Waals surface area (Å²) in [6.07, 6.45) is 2.68. The molecule has 0 fully saturated rings. The summed E-state index contributed by atoms with van der Waals surface area (Å²) in [4.78, 5) is 28.2. The van der Waals surface area contributed by atoms with Crippen LogP contribution in [0.3, 0.4) is 0 Å². The Morgan fingerprint density at radius 3 is 2.95 bits per heavy atom. The van der Waals surface area contributed by atoms with Crippen LogP contribution < -0.4 is 0 Å². The van der Waals surface area contributed by atoms with Crippen molar-refractivity contribution < 1.29 is 14.7 Å². The number of thiophene rings is 1. The molecule has 1 aliphatic heterocycles. The highest BCUT2D eigenvalue weighted by Gasteiger charge is 2.37. The van der Waals surface area contributed by atoms with Crippen molar-refractivity contribution in [2.75, 3.05) is 20.1 Å².